The maximum absolute atomic E-state index is 11.8. The van der Waals surface area contributed by atoms with E-state index in [4.69, 9.17) is 0 Å². The van der Waals surface area contributed by atoms with Crippen LogP contribution in [0.3, 0.4) is 0 Å². The first-order valence-electron chi connectivity index (χ1n) is 6.34. The number of carbonyl (C=O) groups excluding carboxylic acids is 1. The Kier molecular flexibility index (Phi) is 5.36. The van der Waals surface area contributed by atoms with Gasteiger partial charge in [-0.15, -0.1) is 0 Å². The molecule has 0 spiro atoms. The van der Waals surface area contributed by atoms with E-state index in [1.807, 2.05) is 25.1 Å². The zero-order valence-corrected chi connectivity index (χ0v) is 10.8. The number of amides is 2. The van der Waals surface area contributed by atoms with Gasteiger partial charge in [0.25, 0.3) is 0 Å². The molecular formula is C13H24N2O. The molecule has 1 aliphatic carbocycles. The molecule has 0 aliphatic heterocycles. The fraction of sp³-hybridized carbons (Fsp3) is 0.769. The second-order valence-electron chi connectivity index (χ2n) is 4.70. The number of allylic oxidation sites excluding steroid dienone is 1. The van der Waals surface area contributed by atoms with Gasteiger partial charge in [-0.2, -0.15) is 0 Å². The van der Waals surface area contributed by atoms with Crippen molar-refractivity contribution in [3.05, 3.63) is 11.8 Å². The predicted molar refractivity (Wildman–Crippen MR) is 67.2 cm³/mol. The van der Waals surface area contributed by atoms with Gasteiger partial charge in [0, 0.05) is 19.3 Å². The molecule has 0 aromatic carbocycles. The van der Waals surface area contributed by atoms with Gasteiger partial charge >= 0.3 is 6.03 Å². The van der Waals surface area contributed by atoms with E-state index in [2.05, 4.69) is 12.2 Å². The van der Waals surface area contributed by atoms with Crippen LogP contribution >= 0.6 is 0 Å². The fourth-order valence-corrected chi connectivity index (χ4v) is 2.02. The van der Waals surface area contributed by atoms with Gasteiger partial charge in [-0.1, -0.05) is 31.8 Å². The summed E-state index contributed by atoms with van der Waals surface area (Å²) < 4.78 is 0. The number of hydrogen-bond donors (Lipinski definition) is 1. The lowest BCUT2D eigenvalue weighted by Gasteiger charge is -2.30. The minimum Gasteiger partial charge on any atom is -0.325 e. The topological polar surface area (TPSA) is 32.3 Å². The number of urea groups is 1. The Morgan fingerprint density at radius 2 is 2.00 bits per heavy atom. The summed E-state index contributed by atoms with van der Waals surface area (Å²) >= 11 is 0. The molecule has 0 heterocycles. The maximum atomic E-state index is 11.8. The van der Waals surface area contributed by atoms with Gasteiger partial charge in [0.15, 0.2) is 0 Å². The molecule has 1 saturated carbocycles. The highest BCUT2D eigenvalue weighted by Gasteiger charge is 2.21. The third-order valence-corrected chi connectivity index (χ3v) is 3.44. The summed E-state index contributed by atoms with van der Waals surface area (Å²) in [5.41, 5.74) is 1.20. The predicted octanol–water partition coefficient (Wildman–Crippen LogP) is 3.27. The first-order valence-corrected chi connectivity index (χ1v) is 6.34. The molecule has 3 heteroatoms. The molecule has 1 N–H and O–H groups in total. The summed E-state index contributed by atoms with van der Waals surface area (Å²) in [5, 5.41) is 2.86. The average molecular weight is 224 g/mol. The van der Waals surface area contributed by atoms with Gasteiger partial charge in [-0.05, 0) is 26.2 Å². The van der Waals surface area contributed by atoms with Crippen molar-refractivity contribution in [2.45, 2.75) is 58.4 Å². The molecule has 0 atom stereocenters. The first-order chi connectivity index (χ1) is 7.65. The van der Waals surface area contributed by atoms with E-state index in [1.54, 1.807) is 0 Å². The van der Waals surface area contributed by atoms with Crippen molar-refractivity contribution in [1.29, 1.82) is 0 Å². The molecule has 16 heavy (non-hydrogen) atoms. The highest BCUT2D eigenvalue weighted by Crippen LogP contribution is 2.21. The summed E-state index contributed by atoms with van der Waals surface area (Å²) in [6.45, 7) is 4.11. The minimum atomic E-state index is 0.0275. The lowest BCUT2D eigenvalue weighted by molar-refractivity contribution is 0.177. The number of hydrogen-bond acceptors (Lipinski definition) is 1. The number of nitrogens with one attached hydrogen (secondary N) is 1. The molecule has 1 aliphatic rings. The smallest absolute Gasteiger partial charge is 0.321 e. The molecule has 0 aromatic heterocycles. The van der Waals surface area contributed by atoms with Gasteiger partial charge in [0.1, 0.15) is 0 Å². The minimum absolute atomic E-state index is 0.0275. The Hall–Kier alpha value is -0.990. The lowest BCUT2D eigenvalue weighted by Crippen LogP contribution is -2.42. The van der Waals surface area contributed by atoms with E-state index in [0.717, 1.165) is 19.3 Å². The maximum Gasteiger partial charge on any atom is 0.321 e. The summed E-state index contributed by atoms with van der Waals surface area (Å²) in [6, 6.07) is 0.462. The highest BCUT2D eigenvalue weighted by molar-refractivity contribution is 5.75. The highest BCUT2D eigenvalue weighted by atomic mass is 16.2. The third kappa shape index (κ3) is 3.87. The van der Waals surface area contributed by atoms with Gasteiger partial charge in [0.05, 0.1) is 0 Å². The SMILES string of the molecule is CC/C(C)=C/NC(=O)N(C)C1CCCCC1. The second kappa shape index (κ2) is 6.56. The molecule has 0 radical (unpaired) electrons. The van der Waals surface area contributed by atoms with E-state index in [9.17, 15) is 4.79 Å². The molecule has 1 fully saturated rings. The van der Waals surface area contributed by atoms with Gasteiger partial charge in [-0.3, -0.25) is 0 Å². The van der Waals surface area contributed by atoms with Crippen LogP contribution < -0.4 is 5.32 Å². The normalized spacial score (nSPS) is 18.3. The zero-order chi connectivity index (χ0) is 12.0. The molecule has 92 valence electrons. The molecule has 0 bridgehead atoms. The summed E-state index contributed by atoms with van der Waals surface area (Å²) in [5.74, 6) is 0. The number of carbonyl (C=O) groups is 1. The van der Waals surface area contributed by atoms with Gasteiger partial charge in [-0.25, -0.2) is 4.79 Å². The lowest BCUT2D eigenvalue weighted by atomic mass is 9.95. The third-order valence-electron chi connectivity index (χ3n) is 3.44. The summed E-state index contributed by atoms with van der Waals surface area (Å²) in [4.78, 5) is 13.7. The molecule has 0 unspecified atom stereocenters. The van der Waals surface area contributed by atoms with Crippen LogP contribution in [0.2, 0.25) is 0 Å². The quantitative estimate of drug-likeness (QED) is 0.784. The molecule has 2 amide bonds. The molecule has 0 saturated heterocycles. The molecule has 3 nitrogen and oxygen atoms in total. The van der Waals surface area contributed by atoms with Crippen LogP contribution in [0.15, 0.2) is 11.8 Å². The summed E-state index contributed by atoms with van der Waals surface area (Å²) in [6.07, 6.45) is 8.94. The zero-order valence-electron chi connectivity index (χ0n) is 10.8. The average Bonchev–Trinajstić information content (AvgIpc) is 2.35. The van der Waals surface area contributed by atoms with E-state index in [1.165, 1.54) is 24.8 Å². The monoisotopic (exact) mass is 224 g/mol. The van der Waals surface area contributed by atoms with Crippen LogP contribution in [0, 0.1) is 0 Å². The van der Waals surface area contributed by atoms with Crippen molar-refractivity contribution in [1.82, 2.24) is 10.2 Å². The van der Waals surface area contributed by atoms with Crippen LogP contribution in [0.1, 0.15) is 52.4 Å². The molecule has 0 aromatic rings. The van der Waals surface area contributed by atoms with Crippen molar-refractivity contribution in [3.8, 4) is 0 Å². The van der Waals surface area contributed by atoms with E-state index >= 15 is 0 Å². The Bertz CT molecular complexity index is 255. The van der Waals surface area contributed by atoms with E-state index < -0.39 is 0 Å². The standard InChI is InChI=1S/C13H24N2O/c1-4-11(2)10-14-13(16)15(3)12-8-6-5-7-9-12/h10,12H,4-9H2,1-3H3,(H,14,16)/b11-10+. The first kappa shape index (κ1) is 13.1. The van der Waals surface area contributed by atoms with Crippen LogP contribution in [-0.2, 0) is 0 Å². The molecule has 1 rings (SSSR count). The molecular weight excluding hydrogens is 200 g/mol. The Morgan fingerprint density at radius 1 is 1.38 bits per heavy atom. The number of nitrogens with zero attached hydrogens (tertiary/aromatic N) is 1. The fourth-order valence-electron chi connectivity index (χ4n) is 2.02. The van der Waals surface area contributed by atoms with E-state index in [-0.39, 0.29) is 6.03 Å². The Balaban J connectivity index is 2.40. The van der Waals surface area contributed by atoms with Gasteiger partial charge < -0.3 is 10.2 Å². The van der Waals surface area contributed by atoms with Crippen LogP contribution in [0.25, 0.3) is 0 Å². The van der Waals surface area contributed by atoms with Crippen molar-refractivity contribution in [3.63, 3.8) is 0 Å². The van der Waals surface area contributed by atoms with Crippen molar-refractivity contribution in [2.24, 2.45) is 0 Å². The largest absolute Gasteiger partial charge is 0.325 e. The van der Waals surface area contributed by atoms with Crippen LogP contribution in [-0.4, -0.2) is 24.0 Å². The van der Waals surface area contributed by atoms with Gasteiger partial charge in [0.2, 0.25) is 0 Å². The number of rotatable bonds is 3. The second-order valence-corrected chi connectivity index (χ2v) is 4.70. The summed E-state index contributed by atoms with van der Waals surface area (Å²) in [7, 11) is 1.90. The van der Waals surface area contributed by atoms with Crippen molar-refractivity contribution >= 4 is 6.03 Å². The Morgan fingerprint density at radius 3 is 2.56 bits per heavy atom. The Labute approximate surface area is 98.9 Å². The van der Waals surface area contributed by atoms with E-state index in [0.29, 0.717) is 6.04 Å². The van der Waals surface area contributed by atoms with Crippen LogP contribution in [0.5, 0.6) is 0 Å². The van der Waals surface area contributed by atoms with Crippen molar-refractivity contribution in [2.75, 3.05) is 7.05 Å². The van der Waals surface area contributed by atoms with Crippen LogP contribution in [0.4, 0.5) is 4.79 Å². The van der Waals surface area contributed by atoms with Crippen molar-refractivity contribution < 1.29 is 4.79 Å².